The summed E-state index contributed by atoms with van der Waals surface area (Å²) in [5.41, 5.74) is 7.09. The third kappa shape index (κ3) is 2.37. The van der Waals surface area contributed by atoms with Crippen LogP contribution < -0.4 is 10.5 Å². The van der Waals surface area contributed by atoms with E-state index < -0.39 is 5.54 Å². The first-order valence-corrected chi connectivity index (χ1v) is 8.41. The number of ether oxygens (including phenoxy) is 2. The van der Waals surface area contributed by atoms with Crippen molar-refractivity contribution in [2.24, 2.45) is 10.7 Å². The van der Waals surface area contributed by atoms with Crippen molar-refractivity contribution in [1.29, 1.82) is 0 Å². The zero-order valence-corrected chi connectivity index (χ0v) is 14.1. The molecule has 2 aliphatic heterocycles. The third-order valence-electron chi connectivity index (χ3n) is 4.43. The molecule has 1 spiro atoms. The van der Waals surface area contributed by atoms with E-state index >= 15 is 0 Å². The van der Waals surface area contributed by atoms with Gasteiger partial charge in [0.2, 0.25) is 0 Å². The first-order chi connectivity index (χ1) is 11.1. The molecule has 0 saturated carbocycles. The number of fused-ring (bicyclic) bond motifs is 3. The molecule has 23 heavy (non-hydrogen) atoms. The van der Waals surface area contributed by atoms with Crippen LogP contribution in [0.25, 0.3) is 0 Å². The van der Waals surface area contributed by atoms with Crippen LogP contribution in [0.4, 0.5) is 0 Å². The van der Waals surface area contributed by atoms with Crippen molar-refractivity contribution in [3.05, 3.63) is 51.4 Å². The molecule has 1 aliphatic carbocycles. The molecule has 5 nitrogen and oxygen atoms in total. The Balaban J connectivity index is 2.00. The van der Waals surface area contributed by atoms with Crippen molar-refractivity contribution in [3.63, 3.8) is 0 Å². The Morgan fingerprint density at radius 1 is 1.26 bits per heavy atom. The molecule has 3 aliphatic rings. The first-order valence-electron chi connectivity index (χ1n) is 7.61. The Morgan fingerprint density at radius 2 is 2.13 bits per heavy atom. The van der Waals surface area contributed by atoms with E-state index in [2.05, 4.69) is 15.9 Å². The highest BCUT2D eigenvalue weighted by Gasteiger charge is 2.45. The van der Waals surface area contributed by atoms with Gasteiger partial charge in [0.25, 0.3) is 0 Å². The predicted octanol–water partition coefficient (Wildman–Crippen LogP) is 3.30. The zero-order chi connectivity index (χ0) is 16.0. The van der Waals surface area contributed by atoms with Gasteiger partial charge in [-0.25, -0.2) is 0 Å². The summed E-state index contributed by atoms with van der Waals surface area (Å²) in [6.45, 7) is 0.919. The monoisotopic (exact) mass is 376 g/mol. The number of aliphatic hydroxyl groups excluding tert-OH is 1. The largest absolute Gasteiger partial charge is 0.512 e. The summed E-state index contributed by atoms with van der Waals surface area (Å²) >= 11 is 3.52. The fourth-order valence-electron chi connectivity index (χ4n) is 3.35. The standard InChI is InChI=1S/C17H17BrN2O3/c18-10-1-3-14-12(7-10)17(9-22-6-5-16(19)20-17)13-8-11(21)2-4-15(13)23-14/h1,3,7-8,21H,2,4-6,9H2,(H2,19,20). The zero-order valence-electron chi connectivity index (χ0n) is 12.5. The maximum absolute atomic E-state index is 10.0. The van der Waals surface area contributed by atoms with Gasteiger partial charge in [-0.2, -0.15) is 0 Å². The van der Waals surface area contributed by atoms with E-state index in [0.717, 1.165) is 27.1 Å². The Morgan fingerprint density at radius 3 is 3.00 bits per heavy atom. The Kier molecular flexibility index (Phi) is 3.46. The molecule has 0 bridgehead atoms. The second-order valence-electron chi connectivity index (χ2n) is 5.98. The van der Waals surface area contributed by atoms with Gasteiger partial charge in [-0.15, -0.1) is 0 Å². The summed E-state index contributed by atoms with van der Waals surface area (Å²) in [5, 5.41) is 10.0. The minimum Gasteiger partial charge on any atom is -0.512 e. The molecule has 120 valence electrons. The fraction of sp³-hybridized carbons (Fsp3) is 0.353. The summed E-state index contributed by atoms with van der Waals surface area (Å²) < 4.78 is 12.8. The van der Waals surface area contributed by atoms with Gasteiger partial charge in [-0.1, -0.05) is 15.9 Å². The van der Waals surface area contributed by atoms with Crippen LogP contribution >= 0.6 is 15.9 Å². The van der Waals surface area contributed by atoms with Crippen LogP contribution in [0.2, 0.25) is 0 Å². The van der Waals surface area contributed by atoms with E-state index in [-0.39, 0.29) is 0 Å². The lowest BCUT2D eigenvalue weighted by Gasteiger charge is -2.38. The van der Waals surface area contributed by atoms with E-state index in [1.165, 1.54) is 0 Å². The molecule has 0 saturated heterocycles. The number of halogens is 1. The van der Waals surface area contributed by atoms with Gasteiger partial charge in [0.15, 0.2) is 0 Å². The maximum atomic E-state index is 10.0. The number of nitrogens with zero attached hydrogens (tertiary/aromatic N) is 1. The Bertz CT molecular complexity index is 769. The molecule has 6 heteroatoms. The van der Waals surface area contributed by atoms with E-state index in [1.54, 1.807) is 6.08 Å². The highest BCUT2D eigenvalue weighted by molar-refractivity contribution is 9.10. The number of benzene rings is 1. The summed E-state index contributed by atoms with van der Waals surface area (Å²) in [6.07, 6.45) is 3.57. The van der Waals surface area contributed by atoms with Gasteiger partial charge in [0.1, 0.15) is 17.0 Å². The third-order valence-corrected chi connectivity index (χ3v) is 4.93. The molecule has 0 radical (unpaired) electrons. The molecule has 0 fully saturated rings. The molecule has 1 aromatic rings. The quantitative estimate of drug-likeness (QED) is 0.727. The van der Waals surface area contributed by atoms with Gasteiger partial charge in [-0.3, -0.25) is 4.99 Å². The number of aliphatic hydroxyl groups is 1. The van der Waals surface area contributed by atoms with Crippen LogP contribution in [0, 0.1) is 0 Å². The lowest BCUT2D eigenvalue weighted by atomic mass is 9.78. The molecule has 1 unspecified atom stereocenters. The van der Waals surface area contributed by atoms with Crippen LogP contribution in [0.3, 0.4) is 0 Å². The second kappa shape index (κ2) is 5.39. The maximum Gasteiger partial charge on any atom is 0.143 e. The molecule has 3 N–H and O–H groups in total. The van der Waals surface area contributed by atoms with E-state index in [1.807, 2.05) is 18.2 Å². The Hall–Kier alpha value is -1.79. The van der Waals surface area contributed by atoms with Crippen molar-refractivity contribution < 1.29 is 14.6 Å². The molecule has 0 aromatic heterocycles. The number of hydrogen-bond donors (Lipinski definition) is 2. The van der Waals surface area contributed by atoms with Crippen LogP contribution in [-0.2, 0) is 10.3 Å². The van der Waals surface area contributed by atoms with E-state index in [9.17, 15) is 5.11 Å². The average Bonchev–Trinajstić information content (AvgIpc) is 2.72. The summed E-state index contributed by atoms with van der Waals surface area (Å²) in [4.78, 5) is 4.82. The van der Waals surface area contributed by atoms with Gasteiger partial charge in [-0.05, 0) is 24.3 Å². The minimum absolute atomic E-state index is 0.336. The highest BCUT2D eigenvalue weighted by Crippen LogP contribution is 2.49. The summed E-state index contributed by atoms with van der Waals surface area (Å²) in [7, 11) is 0. The van der Waals surface area contributed by atoms with Crippen LogP contribution in [0.15, 0.2) is 50.8 Å². The van der Waals surface area contributed by atoms with Crippen molar-refractivity contribution in [1.82, 2.24) is 0 Å². The normalized spacial score (nSPS) is 26.7. The summed E-state index contributed by atoms with van der Waals surface area (Å²) in [6, 6.07) is 5.86. The molecule has 1 aromatic carbocycles. The molecular formula is C17H17BrN2O3. The van der Waals surface area contributed by atoms with Gasteiger partial charge in [0.05, 0.1) is 24.8 Å². The molecule has 2 heterocycles. The van der Waals surface area contributed by atoms with Crippen LogP contribution in [0.5, 0.6) is 5.75 Å². The fourth-order valence-corrected chi connectivity index (χ4v) is 3.71. The number of hydrogen-bond acceptors (Lipinski definition) is 5. The van der Waals surface area contributed by atoms with Crippen LogP contribution in [-0.4, -0.2) is 24.2 Å². The van der Waals surface area contributed by atoms with Gasteiger partial charge < -0.3 is 20.3 Å². The molecule has 0 amide bonds. The van der Waals surface area contributed by atoms with E-state index in [0.29, 0.717) is 44.1 Å². The first kappa shape index (κ1) is 14.8. The molecule has 1 atom stereocenters. The van der Waals surface area contributed by atoms with Crippen molar-refractivity contribution in [2.75, 3.05) is 13.2 Å². The number of rotatable bonds is 0. The minimum atomic E-state index is -0.762. The van der Waals surface area contributed by atoms with Gasteiger partial charge in [0, 0.05) is 34.9 Å². The Labute approximate surface area is 142 Å². The summed E-state index contributed by atoms with van der Waals surface area (Å²) in [5.74, 6) is 2.49. The molecular weight excluding hydrogens is 360 g/mol. The number of aliphatic imine (C=N–C) groups is 1. The van der Waals surface area contributed by atoms with E-state index in [4.69, 9.17) is 20.2 Å². The number of nitrogens with two attached hydrogens (primary N) is 1. The van der Waals surface area contributed by atoms with Crippen molar-refractivity contribution in [3.8, 4) is 5.75 Å². The van der Waals surface area contributed by atoms with Crippen molar-refractivity contribution in [2.45, 2.75) is 24.8 Å². The number of amidine groups is 1. The average molecular weight is 377 g/mol. The molecule has 4 rings (SSSR count). The lowest BCUT2D eigenvalue weighted by Crippen LogP contribution is -2.38. The highest BCUT2D eigenvalue weighted by atomic mass is 79.9. The SMILES string of the molecule is NC1=NC2(COCC1)C1=C(CCC(O)=C1)Oc1ccc(Br)cc12. The predicted molar refractivity (Wildman–Crippen MR) is 90.5 cm³/mol. The van der Waals surface area contributed by atoms with Gasteiger partial charge >= 0.3 is 0 Å². The smallest absolute Gasteiger partial charge is 0.143 e. The van der Waals surface area contributed by atoms with Crippen molar-refractivity contribution >= 4 is 21.8 Å². The second-order valence-corrected chi connectivity index (χ2v) is 6.90. The number of allylic oxidation sites excluding steroid dienone is 2. The topological polar surface area (TPSA) is 77.1 Å². The van der Waals surface area contributed by atoms with Crippen LogP contribution in [0.1, 0.15) is 24.8 Å². The lowest BCUT2D eigenvalue weighted by molar-refractivity contribution is 0.104.